The number of carbonyl (C=O) groups is 1. The molecule has 0 fully saturated rings. The molecule has 0 aromatic carbocycles. The lowest BCUT2D eigenvalue weighted by Gasteiger charge is -2.23. The van der Waals surface area contributed by atoms with Crippen LogP contribution in [0.25, 0.3) is 0 Å². The Labute approximate surface area is 172 Å². The minimum atomic E-state index is -0.841. The van der Waals surface area contributed by atoms with Crippen LogP contribution in [0.2, 0.25) is 0 Å². The van der Waals surface area contributed by atoms with Crippen LogP contribution in [0.15, 0.2) is 72.9 Å². The van der Waals surface area contributed by atoms with E-state index in [1.165, 1.54) is 18.9 Å². The Morgan fingerprint density at radius 2 is 1.50 bits per heavy atom. The fourth-order valence-electron chi connectivity index (χ4n) is 2.41. The second-order valence-electron chi connectivity index (χ2n) is 7.11. The summed E-state index contributed by atoms with van der Waals surface area (Å²) in [6.45, 7) is 6.22. The van der Waals surface area contributed by atoms with E-state index in [0.29, 0.717) is 6.42 Å². The van der Waals surface area contributed by atoms with Crippen LogP contribution in [0, 0.1) is 0 Å². The Bertz CT molecular complexity index is 563. The molecule has 3 heteroatoms. The van der Waals surface area contributed by atoms with Crippen molar-refractivity contribution in [1.29, 1.82) is 0 Å². The van der Waals surface area contributed by atoms with Crippen LogP contribution in [-0.4, -0.2) is 23.2 Å². The van der Waals surface area contributed by atoms with Gasteiger partial charge in [-0.2, -0.15) is 0 Å². The Kier molecular flexibility index (Phi) is 16.9. The first-order valence-corrected chi connectivity index (χ1v) is 10.5. The van der Waals surface area contributed by atoms with Gasteiger partial charge in [0.15, 0.2) is 0 Å². The Balaban J connectivity index is 3.91. The molecular formula is C25H39NO2. The molecular weight excluding hydrogens is 346 g/mol. The predicted octanol–water partition coefficient (Wildman–Crippen LogP) is 5.96. The van der Waals surface area contributed by atoms with E-state index in [0.717, 1.165) is 25.7 Å². The zero-order chi connectivity index (χ0) is 20.9. The Morgan fingerprint density at radius 3 is 2.11 bits per heavy atom. The molecule has 0 bridgehead atoms. The number of unbranched alkanes of at least 4 members (excludes halogenated alkanes) is 4. The molecule has 0 aromatic rings. The Morgan fingerprint density at radius 1 is 0.893 bits per heavy atom. The van der Waals surface area contributed by atoms with Crippen molar-refractivity contribution in [2.45, 2.75) is 71.3 Å². The van der Waals surface area contributed by atoms with Crippen LogP contribution < -0.4 is 5.32 Å². The van der Waals surface area contributed by atoms with Crippen LogP contribution in [0.1, 0.15) is 65.7 Å². The topological polar surface area (TPSA) is 49.3 Å². The predicted molar refractivity (Wildman–Crippen MR) is 122 cm³/mol. The zero-order valence-electron chi connectivity index (χ0n) is 17.9. The summed E-state index contributed by atoms with van der Waals surface area (Å²) in [7, 11) is 0. The van der Waals surface area contributed by atoms with Crippen molar-refractivity contribution < 1.29 is 9.90 Å². The Hall–Kier alpha value is -2.13. The normalized spacial score (nSPS) is 15.1. The fourth-order valence-corrected chi connectivity index (χ4v) is 2.41. The van der Waals surface area contributed by atoms with Gasteiger partial charge in [0.05, 0.1) is 5.60 Å². The van der Waals surface area contributed by atoms with Gasteiger partial charge in [0, 0.05) is 12.6 Å². The molecule has 0 aliphatic heterocycles. The largest absolute Gasteiger partial charge is 0.388 e. The number of nitrogens with one attached hydrogen (secondary N) is 1. The molecule has 0 aromatic heterocycles. The van der Waals surface area contributed by atoms with Crippen molar-refractivity contribution in [3.05, 3.63) is 72.9 Å². The molecule has 1 unspecified atom stereocenters. The molecule has 0 aliphatic carbocycles. The van der Waals surface area contributed by atoms with E-state index in [1.54, 1.807) is 13.0 Å². The van der Waals surface area contributed by atoms with Crippen molar-refractivity contribution in [2.24, 2.45) is 0 Å². The summed E-state index contributed by atoms with van der Waals surface area (Å²) in [6.07, 6.45) is 30.4. The lowest BCUT2D eigenvalue weighted by molar-refractivity contribution is -0.117. The van der Waals surface area contributed by atoms with Crippen molar-refractivity contribution in [3.8, 4) is 0 Å². The third-order valence-corrected chi connectivity index (χ3v) is 4.09. The molecule has 0 heterocycles. The highest BCUT2D eigenvalue weighted by Gasteiger charge is 2.19. The number of aliphatic hydroxyl groups is 1. The second kappa shape index (κ2) is 18.2. The molecule has 28 heavy (non-hydrogen) atoms. The van der Waals surface area contributed by atoms with Crippen molar-refractivity contribution in [3.63, 3.8) is 0 Å². The van der Waals surface area contributed by atoms with E-state index < -0.39 is 5.60 Å². The van der Waals surface area contributed by atoms with Gasteiger partial charge in [-0.15, -0.1) is 0 Å². The van der Waals surface area contributed by atoms with E-state index >= 15 is 0 Å². The molecule has 0 saturated carbocycles. The lowest BCUT2D eigenvalue weighted by atomic mass is 9.98. The van der Waals surface area contributed by atoms with Gasteiger partial charge < -0.3 is 10.4 Å². The van der Waals surface area contributed by atoms with E-state index in [1.807, 2.05) is 55.5 Å². The number of carbonyl (C=O) groups excluding carboxylic acids is 1. The fraction of sp³-hybridized carbons (Fsp3) is 0.480. The maximum absolute atomic E-state index is 11.8. The molecule has 0 saturated heterocycles. The van der Waals surface area contributed by atoms with Crippen molar-refractivity contribution in [1.82, 2.24) is 5.32 Å². The third kappa shape index (κ3) is 18.7. The minimum absolute atomic E-state index is 0.182. The monoisotopic (exact) mass is 385 g/mol. The molecule has 156 valence electrons. The number of allylic oxidation sites excluding steroid dienone is 11. The van der Waals surface area contributed by atoms with Gasteiger partial charge in [0.1, 0.15) is 0 Å². The summed E-state index contributed by atoms with van der Waals surface area (Å²) in [4.78, 5) is 11.8. The van der Waals surface area contributed by atoms with E-state index in [2.05, 4.69) is 24.4 Å². The minimum Gasteiger partial charge on any atom is -0.388 e. The summed E-state index contributed by atoms with van der Waals surface area (Å²) in [5.41, 5.74) is -0.841. The van der Waals surface area contributed by atoms with Gasteiger partial charge in [-0.3, -0.25) is 4.79 Å². The quantitative estimate of drug-likeness (QED) is 0.207. The molecule has 0 radical (unpaired) electrons. The summed E-state index contributed by atoms with van der Waals surface area (Å²) >= 11 is 0. The van der Waals surface area contributed by atoms with Gasteiger partial charge in [-0.1, -0.05) is 99.4 Å². The van der Waals surface area contributed by atoms with Crippen LogP contribution in [-0.2, 0) is 4.79 Å². The van der Waals surface area contributed by atoms with Crippen LogP contribution >= 0.6 is 0 Å². The molecule has 3 nitrogen and oxygen atoms in total. The van der Waals surface area contributed by atoms with Crippen LogP contribution in [0.5, 0.6) is 0 Å². The SMILES string of the molecule is CC=CC=CC=CCCC=CC=CC=CC(=O)NCC(C)(O)CCCCCC. The second-order valence-corrected chi connectivity index (χ2v) is 7.11. The van der Waals surface area contributed by atoms with Crippen molar-refractivity contribution in [2.75, 3.05) is 6.54 Å². The molecule has 2 N–H and O–H groups in total. The first-order valence-electron chi connectivity index (χ1n) is 10.5. The standard InChI is InChI=1S/C25H39NO2/c1-4-6-8-10-11-12-13-14-15-16-17-18-19-21-24(27)26-23-25(3,28)22-20-9-7-5-2/h4,6,8,10-12,15-19,21,28H,5,7,9,13-14,20,22-23H2,1-3H3,(H,26,27). The first kappa shape index (κ1) is 25.9. The highest BCUT2D eigenvalue weighted by Crippen LogP contribution is 2.14. The van der Waals surface area contributed by atoms with Gasteiger partial charge in [-0.25, -0.2) is 0 Å². The molecule has 1 amide bonds. The first-order chi connectivity index (χ1) is 13.5. The average Bonchev–Trinajstić information content (AvgIpc) is 2.67. The number of hydrogen-bond acceptors (Lipinski definition) is 2. The van der Waals surface area contributed by atoms with Crippen LogP contribution in [0.4, 0.5) is 0 Å². The summed E-state index contributed by atoms with van der Waals surface area (Å²) < 4.78 is 0. The summed E-state index contributed by atoms with van der Waals surface area (Å²) in [6, 6.07) is 0. The average molecular weight is 386 g/mol. The maximum Gasteiger partial charge on any atom is 0.244 e. The smallest absolute Gasteiger partial charge is 0.244 e. The molecule has 0 aliphatic rings. The molecule has 0 rings (SSSR count). The molecule has 0 spiro atoms. The van der Waals surface area contributed by atoms with E-state index in [4.69, 9.17) is 0 Å². The van der Waals surface area contributed by atoms with Crippen molar-refractivity contribution >= 4 is 5.91 Å². The lowest BCUT2D eigenvalue weighted by Crippen LogP contribution is -2.40. The number of amides is 1. The van der Waals surface area contributed by atoms with Gasteiger partial charge in [0.25, 0.3) is 0 Å². The van der Waals surface area contributed by atoms with E-state index in [-0.39, 0.29) is 12.5 Å². The van der Waals surface area contributed by atoms with Gasteiger partial charge >= 0.3 is 0 Å². The highest BCUT2D eigenvalue weighted by molar-refractivity contribution is 5.87. The maximum atomic E-state index is 11.8. The van der Waals surface area contributed by atoms with Gasteiger partial charge in [0.2, 0.25) is 5.91 Å². The number of hydrogen-bond donors (Lipinski definition) is 2. The highest BCUT2D eigenvalue weighted by atomic mass is 16.3. The summed E-state index contributed by atoms with van der Waals surface area (Å²) in [5, 5.41) is 13.0. The van der Waals surface area contributed by atoms with Crippen LogP contribution in [0.3, 0.4) is 0 Å². The molecule has 1 atom stereocenters. The summed E-state index contributed by atoms with van der Waals surface area (Å²) in [5.74, 6) is -0.182. The van der Waals surface area contributed by atoms with Gasteiger partial charge in [-0.05, 0) is 33.1 Å². The third-order valence-electron chi connectivity index (χ3n) is 4.09. The zero-order valence-corrected chi connectivity index (χ0v) is 17.9. The number of rotatable bonds is 15. The van der Waals surface area contributed by atoms with E-state index in [9.17, 15) is 9.90 Å².